The molecule has 0 saturated carbocycles. The van der Waals surface area contributed by atoms with E-state index in [-0.39, 0.29) is 19.6 Å². The largest absolute Gasteiger partial charge is 0.455 e. The van der Waals surface area contributed by atoms with Gasteiger partial charge in [0.05, 0.1) is 19.8 Å². The van der Waals surface area contributed by atoms with E-state index < -0.39 is 41.3 Å². The van der Waals surface area contributed by atoms with Crippen LogP contribution in [0, 0.1) is 6.92 Å². The van der Waals surface area contributed by atoms with E-state index in [4.69, 9.17) is 18.9 Å². The maximum Gasteiger partial charge on any atom is 0.330 e. The molecule has 1 N–H and O–H groups in total. The van der Waals surface area contributed by atoms with Crippen LogP contribution in [0.3, 0.4) is 0 Å². The fraction of sp³-hybridized carbons (Fsp3) is 0.345. The highest BCUT2D eigenvalue weighted by molar-refractivity contribution is 5.66. The zero-order valence-corrected chi connectivity index (χ0v) is 21.5. The number of aromatic nitrogens is 2. The number of rotatable bonds is 11. The Morgan fingerprint density at radius 2 is 1.71 bits per heavy atom. The Morgan fingerprint density at radius 1 is 1.08 bits per heavy atom. The molecule has 1 unspecified atom stereocenters. The highest BCUT2D eigenvalue weighted by Gasteiger charge is 2.58. The first-order valence-electron chi connectivity index (χ1n) is 12.4. The number of nitrogens with one attached hydrogen (secondary N) is 1. The monoisotopic (exact) mass is 520 g/mol. The molecule has 0 aliphatic carbocycles. The van der Waals surface area contributed by atoms with Gasteiger partial charge in [0.15, 0.2) is 12.3 Å². The molecule has 9 heteroatoms. The van der Waals surface area contributed by atoms with Crippen LogP contribution in [0.1, 0.15) is 36.3 Å². The number of hydrogen-bond donors (Lipinski definition) is 1. The molecular formula is C29H32N2O7. The number of ether oxygens (including phenoxy) is 4. The van der Waals surface area contributed by atoms with Crippen LogP contribution in [0.5, 0.6) is 0 Å². The standard InChI is InChI=1S/C29H32N2O7/c1-4-15-29(19-35-17-22-11-7-5-8-12-22)25(36-18-23-13-9-6-10-14-23)24(37-21(3)32)27(38-29)31-16-20(2)26(33)30-28(31)34/h4-14,16,24-25,27H,1,15,17-19H2,2-3H3,(H,30,33,34)/t24?,25-,27-,29-/m1/s1. The van der Waals surface area contributed by atoms with E-state index in [1.165, 1.54) is 17.7 Å². The van der Waals surface area contributed by atoms with Gasteiger partial charge in [0.25, 0.3) is 5.56 Å². The van der Waals surface area contributed by atoms with Crippen molar-refractivity contribution < 1.29 is 23.7 Å². The molecule has 1 saturated heterocycles. The summed E-state index contributed by atoms with van der Waals surface area (Å²) in [4.78, 5) is 39.4. The van der Waals surface area contributed by atoms with Gasteiger partial charge in [-0.2, -0.15) is 0 Å². The second-order valence-corrected chi connectivity index (χ2v) is 9.31. The van der Waals surface area contributed by atoms with Crippen molar-refractivity contribution in [2.24, 2.45) is 0 Å². The van der Waals surface area contributed by atoms with Crippen molar-refractivity contribution in [3.63, 3.8) is 0 Å². The topological polar surface area (TPSA) is 109 Å². The molecule has 4 atom stereocenters. The Morgan fingerprint density at radius 3 is 2.32 bits per heavy atom. The van der Waals surface area contributed by atoms with Crippen molar-refractivity contribution in [1.29, 1.82) is 0 Å². The molecule has 0 radical (unpaired) electrons. The van der Waals surface area contributed by atoms with Crippen molar-refractivity contribution in [3.05, 3.63) is 117 Å². The molecule has 200 valence electrons. The molecule has 0 spiro atoms. The van der Waals surface area contributed by atoms with Crippen LogP contribution in [-0.2, 0) is 37.0 Å². The Balaban J connectivity index is 1.73. The summed E-state index contributed by atoms with van der Waals surface area (Å²) < 4.78 is 26.0. The van der Waals surface area contributed by atoms with E-state index in [1.54, 1.807) is 13.0 Å². The van der Waals surface area contributed by atoms with Gasteiger partial charge in [-0.05, 0) is 24.5 Å². The van der Waals surface area contributed by atoms with Crippen molar-refractivity contribution in [2.75, 3.05) is 6.61 Å². The third-order valence-electron chi connectivity index (χ3n) is 6.40. The lowest BCUT2D eigenvalue weighted by molar-refractivity contribution is -0.160. The van der Waals surface area contributed by atoms with E-state index in [0.717, 1.165) is 11.1 Å². The fourth-order valence-electron chi connectivity index (χ4n) is 4.63. The lowest BCUT2D eigenvalue weighted by Gasteiger charge is -2.34. The number of aryl methyl sites for hydroxylation is 1. The fourth-order valence-corrected chi connectivity index (χ4v) is 4.63. The van der Waals surface area contributed by atoms with Gasteiger partial charge in [-0.25, -0.2) is 4.79 Å². The lowest BCUT2D eigenvalue weighted by Crippen LogP contribution is -2.49. The second kappa shape index (κ2) is 12.2. The number of nitrogens with zero attached hydrogens (tertiary/aromatic N) is 1. The molecule has 2 aromatic carbocycles. The summed E-state index contributed by atoms with van der Waals surface area (Å²) >= 11 is 0. The molecule has 2 heterocycles. The minimum Gasteiger partial charge on any atom is -0.455 e. The zero-order chi connectivity index (χ0) is 27.1. The molecular weight excluding hydrogens is 488 g/mol. The number of carbonyl (C=O) groups excluding carboxylic acids is 1. The maximum absolute atomic E-state index is 12.9. The van der Waals surface area contributed by atoms with Crippen molar-refractivity contribution in [2.45, 2.75) is 57.5 Å². The summed E-state index contributed by atoms with van der Waals surface area (Å²) in [5, 5.41) is 0. The Kier molecular flexibility index (Phi) is 8.73. The van der Waals surface area contributed by atoms with Gasteiger partial charge >= 0.3 is 11.7 Å². The summed E-state index contributed by atoms with van der Waals surface area (Å²) in [7, 11) is 0. The summed E-state index contributed by atoms with van der Waals surface area (Å²) in [6.07, 6.45) is 0.434. The maximum atomic E-state index is 12.9. The van der Waals surface area contributed by atoms with E-state index in [1.807, 2.05) is 60.7 Å². The summed E-state index contributed by atoms with van der Waals surface area (Å²) in [5.74, 6) is -0.564. The van der Waals surface area contributed by atoms with Gasteiger partial charge in [0.2, 0.25) is 0 Å². The van der Waals surface area contributed by atoms with Crippen molar-refractivity contribution in [3.8, 4) is 0 Å². The average Bonchev–Trinajstić information content (AvgIpc) is 3.18. The smallest absolute Gasteiger partial charge is 0.330 e. The van der Waals surface area contributed by atoms with E-state index in [9.17, 15) is 14.4 Å². The number of benzene rings is 2. The number of esters is 1. The molecule has 1 aliphatic rings. The Bertz CT molecular complexity index is 1350. The predicted molar refractivity (Wildman–Crippen MR) is 140 cm³/mol. The highest BCUT2D eigenvalue weighted by atomic mass is 16.6. The summed E-state index contributed by atoms with van der Waals surface area (Å²) in [5.41, 5.74) is -0.163. The zero-order valence-electron chi connectivity index (χ0n) is 21.5. The van der Waals surface area contributed by atoms with Crippen LogP contribution in [0.4, 0.5) is 0 Å². The van der Waals surface area contributed by atoms with Crippen molar-refractivity contribution >= 4 is 5.97 Å². The molecule has 0 bridgehead atoms. The van der Waals surface area contributed by atoms with Crippen LogP contribution in [0.25, 0.3) is 0 Å². The number of aromatic amines is 1. The van der Waals surface area contributed by atoms with Gasteiger partial charge < -0.3 is 18.9 Å². The average molecular weight is 521 g/mol. The van der Waals surface area contributed by atoms with Crippen LogP contribution in [-0.4, -0.2) is 39.9 Å². The van der Waals surface area contributed by atoms with E-state index in [0.29, 0.717) is 12.2 Å². The summed E-state index contributed by atoms with van der Waals surface area (Å²) in [6, 6.07) is 19.2. The lowest BCUT2D eigenvalue weighted by atomic mass is 9.91. The molecule has 38 heavy (non-hydrogen) atoms. The first-order chi connectivity index (χ1) is 18.3. The molecule has 1 aliphatic heterocycles. The molecule has 1 fully saturated rings. The first kappa shape index (κ1) is 27.3. The van der Waals surface area contributed by atoms with Crippen LogP contribution >= 0.6 is 0 Å². The normalized spacial score (nSPS) is 22.7. The first-order valence-corrected chi connectivity index (χ1v) is 12.4. The van der Waals surface area contributed by atoms with Crippen LogP contribution < -0.4 is 11.2 Å². The quantitative estimate of drug-likeness (QED) is 0.305. The third kappa shape index (κ3) is 6.19. The minimum absolute atomic E-state index is 0.0682. The Labute approximate surface area is 220 Å². The van der Waals surface area contributed by atoms with E-state index in [2.05, 4.69) is 11.6 Å². The molecule has 4 rings (SSSR count). The second-order valence-electron chi connectivity index (χ2n) is 9.31. The number of carbonyl (C=O) groups is 1. The van der Waals surface area contributed by atoms with Gasteiger partial charge in [-0.15, -0.1) is 6.58 Å². The summed E-state index contributed by atoms with van der Waals surface area (Å²) in [6.45, 7) is 7.35. The van der Waals surface area contributed by atoms with Crippen molar-refractivity contribution in [1.82, 2.24) is 9.55 Å². The number of hydrogen-bond acceptors (Lipinski definition) is 7. The van der Waals surface area contributed by atoms with E-state index >= 15 is 0 Å². The van der Waals surface area contributed by atoms with Gasteiger partial charge in [-0.1, -0.05) is 66.7 Å². The predicted octanol–water partition coefficient (Wildman–Crippen LogP) is 3.42. The highest BCUT2D eigenvalue weighted by Crippen LogP contribution is 2.43. The SMILES string of the molecule is C=CC[C@]1(COCc2ccccc2)O[C@@H](n2cc(C)c(=O)[nH]c2=O)C(OC(C)=O)[C@H]1OCc1ccccc1. The molecule has 1 aromatic heterocycles. The molecule has 3 aromatic rings. The minimum atomic E-state index is -1.15. The molecule has 0 amide bonds. The number of H-pyrrole nitrogens is 1. The van der Waals surface area contributed by atoms with Crippen LogP contribution in [0.15, 0.2) is 89.1 Å². The van der Waals surface area contributed by atoms with Gasteiger partial charge in [0, 0.05) is 18.7 Å². The third-order valence-corrected chi connectivity index (χ3v) is 6.40. The van der Waals surface area contributed by atoms with Crippen LogP contribution in [0.2, 0.25) is 0 Å². The Hall–Kier alpha value is -3.79. The van der Waals surface area contributed by atoms with Gasteiger partial charge in [0.1, 0.15) is 11.7 Å². The van der Waals surface area contributed by atoms with Gasteiger partial charge in [-0.3, -0.25) is 19.1 Å². The molecule has 9 nitrogen and oxygen atoms in total.